The number of rotatable bonds is 6. The summed E-state index contributed by atoms with van der Waals surface area (Å²) in [6.45, 7) is 0.505. The second-order valence-electron chi connectivity index (χ2n) is 14.2. The first-order chi connectivity index (χ1) is 26.5. The van der Waals surface area contributed by atoms with Crippen molar-refractivity contribution in [2.45, 2.75) is 63.1 Å². The van der Waals surface area contributed by atoms with Gasteiger partial charge in [-0.1, -0.05) is 11.6 Å². The molecule has 1 aromatic carbocycles. The van der Waals surface area contributed by atoms with Crippen LogP contribution in [0.4, 0.5) is 33.6 Å². The lowest BCUT2D eigenvalue weighted by atomic mass is 9.66. The van der Waals surface area contributed by atoms with E-state index < -0.39 is 60.1 Å². The molecule has 4 aromatic heterocycles. The molecule has 0 radical (unpaired) electrons. The maximum Gasteiger partial charge on any atom is 0.416 e. The molecule has 0 saturated carbocycles. The fourth-order valence-corrected chi connectivity index (χ4v) is 7.92. The van der Waals surface area contributed by atoms with Gasteiger partial charge in [-0.25, -0.2) is 28.7 Å². The van der Waals surface area contributed by atoms with E-state index in [2.05, 4.69) is 35.3 Å². The van der Waals surface area contributed by atoms with Gasteiger partial charge < -0.3 is 24.8 Å². The molecule has 21 heteroatoms. The number of alkyl halides is 5. The van der Waals surface area contributed by atoms with Gasteiger partial charge in [0.15, 0.2) is 17.3 Å². The first-order valence-corrected chi connectivity index (χ1v) is 17.9. The van der Waals surface area contributed by atoms with Crippen molar-refractivity contribution in [3.63, 3.8) is 0 Å². The van der Waals surface area contributed by atoms with Crippen LogP contribution in [-0.2, 0) is 29.4 Å². The molecule has 1 spiro atoms. The molecule has 2 aliphatic heterocycles. The smallest absolute Gasteiger partial charge is 0.416 e. The average molecular weight is 800 g/mol. The van der Waals surface area contributed by atoms with E-state index in [9.17, 15) is 41.4 Å². The van der Waals surface area contributed by atoms with Crippen LogP contribution in [0.25, 0.3) is 17.2 Å². The van der Waals surface area contributed by atoms with Gasteiger partial charge in [-0.15, -0.1) is 5.10 Å². The fraction of sp³-hybridized carbons (Fsp3) is 0.400. The van der Waals surface area contributed by atoms with Crippen molar-refractivity contribution in [2.75, 3.05) is 36.4 Å². The summed E-state index contributed by atoms with van der Waals surface area (Å²) in [4.78, 5) is 65.4. The zero-order valence-electron chi connectivity index (χ0n) is 29.4. The highest BCUT2D eigenvalue weighted by molar-refractivity contribution is 6.33. The zero-order valence-corrected chi connectivity index (χ0v) is 30.2. The Hall–Kier alpha value is -5.79. The van der Waals surface area contributed by atoms with Crippen LogP contribution < -0.4 is 15.8 Å². The van der Waals surface area contributed by atoms with Gasteiger partial charge in [0, 0.05) is 42.2 Å². The van der Waals surface area contributed by atoms with Crippen molar-refractivity contribution in [3.8, 4) is 17.1 Å². The third-order valence-corrected chi connectivity index (χ3v) is 10.9. The Balaban J connectivity index is 1.16. The van der Waals surface area contributed by atoms with Crippen molar-refractivity contribution in [2.24, 2.45) is 0 Å². The molecule has 2 fully saturated rings. The molecule has 292 valence electrons. The highest BCUT2D eigenvalue weighted by Crippen LogP contribution is 2.44. The summed E-state index contributed by atoms with van der Waals surface area (Å²) in [5.74, 6) is -4.23. The van der Waals surface area contributed by atoms with Gasteiger partial charge in [0.05, 0.1) is 40.6 Å². The van der Waals surface area contributed by atoms with Gasteiger partial charge in [0.25, 0.3) is 17.4 Å². The fourth-order valence-electron chi connectivity index (χ4n) is 7.69. The Labute approximate surface area is 318 Å². The molecule has 3 aliphatic rings. The highest BCUT2D eigenvalue weighted by atomic mass is 35.5. The monoisotopic (exact) mass is 799 g/mol. The maximum atomic E-state index is 14.5. The number of nitrogens with one attached hydrogen (secondary N) is 1. The van der Waals surface area contributed by atoms with E-state index in [4.69, 9.17) is 11.6 Å². The number of aromatic nitrogens is 8. The van der Waals surface area contributed by atoms with Crippen LogP contribution in [0.2, 0.25) is 5.02 Å². The van der Waals surface area contributed by atoms with Gasteiger partial charge in [-0.2, -0.15) is 22.7 Å². The number of likely N-dealkylation sites (tertiary alicyclic amines) is 1. The van der Waals surface area contributed by atoms with E-state index in [0.717, 1.165) is 16.6 Å². The summed E-state index contributed by atoms with van der Waals surface area (Å²) in [6, 6.07) is 2.55. The minimum atomic E-state index is -4.65. The van der Waals surface area contributed by atoms with Crippen LogP contribution in [-0.4, -0.2) is 93.0 Å². The van der Waals surface area contributed by atoms with Crippen LogP contribution in [0.3, 0.4) is 0 Å². The number of halogens is 6. The highest BCUT2D eigenvalue weighted by Gasteiger charge is 2.46. The van der Waals surface area contributed by atoms with Crippen molar-refractivity contribution in [1.82, 2.24) is 44.0 Å². The maximum absolute atomic E-state index is 14.5. The number of hydrogen-bond donors (Lipinski definition) is 2. The zero-order chi connectivity index (χ0) is 39.7. The Bertz CT molecular complexity index is 2460. The Morgan fingerprint density at radius 1 is 1.04 bits per heavy atom. The quantitative estimate of drug-likeness (QED) is 0.233. The molecule has 0 unspecified atom stereocenters. The average Bonchev–Trinajstić information content (AvgIpc) is 3.60. The molecule has 0 atom stereocenters. The van der Waals surface area contributed by atoms with E-state index in [-0.39, 0.29) is 64.1 Å². The normalized spacial score (nSPS) is 17.5. The lowest BCUT2D eigenvalue weighted by Crippen LogP contribution is -2.57. The molecule has 6 heterocycles. The molecular weight excluding hydrogens is 769 g/mol. The molecule has 56 heavy (non-hydrogen) atoms. The summed E-state index contributed by atoms with van der Waals surface area (Å²) in [5, 5.41) is 17.2. The number of nitrogens with zero attached hydrogens (tertiary/aromatic N) is 10. The summed E-state index contributed by atoms with van der Waals surface area (Å²) in [7, 11) is 0. The number of amides is 2. The topological polar surface area (TPSA) is 177 Å². The molecule has 1 aliphatic carbocycles. The number of aryl methyl sites for hydroxylation is 1. The van der Waals surface area contributed by atoms with Gasteiger partial charge in [0.1, 0.15) is 12.9 Å². The first kappa shape index (κ1) is 37.1. The summed E-state index contributed by atoms with van der Waals surface area (Å²) in [5.41, 5.74) is -0.993. The minimum absolute atomic E-state index is 0.0110. The minimum Gasteiger partial charge on any atom is -0.504 e. The number of anilines is 2. The summed E-state index contributed by atoms with van der Waals surface area (Å²) in [6.07, 6.45) is 1.51. The number of hydrogen-bond acceptors (Lipinski definition) is 11. The van der Waals surface area contributed by atoms with Crippen LogP contribution in [0.5, 0.6) is 5.75 Å². The van der Waals surface area contributed by atoms with Crippen LogP contribution in [0, 0.1) is 6.92 Å². The molecule has 2 saturated heterocycles. The molecular formula is C35H31ClF5N11O4. The number of carbonyl (C=O) groups is 2. The number of aromatic hydroxyl groups is 1. The predicted octanol–water partition coefficient (Wildman–Crippen LogP) is 4.43. The second-order valence-corrected chi connectivity index (χ2v) is 14.6. The van der Waals surface area contributed by atoms with Crippen molar-refractivity contribution >= 4 is 40.8 Å². The van der Waals surface area contributed by atoms with Crippen molar-refractivity contribution in [3.05, 3.63) is 80.5 Å². The van der Waals surface area contributed by atoms with E-state index in [1.54, 1.807) is 11.8 Å². The Kier molecular flexibility index (Phi) is 8.92. The lowest BCUT2D eigenvalue weighted by molar-refractivity contribution is -0.137. The van der Waals surface area contributed by atoms with E-state index >= 15 is 0 Å². The number of benzene rings is 1. The predicted molar refractivity (Wildman–Crippen MR) is 189 cm³/mol. The molecule has 5 aromatic rings. The summed E-state index contributed by atoms with van der Waals surface area (Å²) < 4.78 is 69.4. The molecule has 0 bridgehead atoms. The van der Waals surface area contributed by atoms with Crippen molar-refractivity contribution in [1.29, 1.82) is 0 Å². The Morgan fingerprint density at radius 3 is 2.41 bits per heavy atom. The lowest BCUT2D eigenvalue weighted by Gasteiger charge is -2.45. The third kappa shape index (κ3) is 6.54. The number of fused-ring (bicyclic) bond motifs is 3. The van der Waals surface area contributed by atoms with Crippen LogP contribution in [0.1, 0.15) is 58.7 Å². The van der Waals surface area contributed by atoms with Crippen LogP contribution >= 0.6 is 11.6 Å². The third-order valence-electron chi connectivity index (χ3n) is 10.6. The Morgan fingerprint density at radius 2 is 1.75 bits per heavy atom. The SMILES string of the molecule is Cc1ncnc(C(=O)N2CCC3(CCCc4c3c(=O)n3nc(-c5cnc(N6CC(F)(F)C6)nc5)nc3n4CC(=O)Nc3ccc(C(F)(F)F)cc3Cl)CC2)c1O. The van der Waals surface area contributed by atoms with Crippen molar-refractivity contribution < 1.29 is 36.6 Å². The number of carbonyl (C=O) groups excluding carboxylic acids is 2. The van der Waals surface area contributed by atoms with E-state index in [0.29, 0.717) is 49.4 Å². The molecule has 8 rings (SSSR count). The summed E-state index contributed by atoms with van der Waals surface area (Å²) >= 11 is 6.14. The van der Waals surface area contributed by atoms with Gasteiger partial charge in [-0.05, 0) is 57.2 Å². The van der Waals surface area contributed by atoms with Gasteiger partial charge >= 0.3 is 6.18 Å². The molecule has 2 N–H and O–H groups in total. The number of piperidine rings is 1. The van der Waals surface area contributed by atoms with E-state index in [1.807, 2.05) is 0 Å². The largest absolute Gasteiger partial charge is 0.504 e. The molecule has 15 nitrogen and oxygen atoms in total. The van der Waals surface area contributed by atoms with Crippen LogP contribution in [0.15, 0.2) is 41.7 Å². The second kappa shape index (κ2) is 13.5. The van der Waals surface area contributed by atoms with Gasteiger partial charge in [0.2, 0.25) is 17.6 Å². The first-order valence-electron chi connectivity index (χ1n) is 17.5. The molecule has 2 amide bonds. The van der Waals surface area contributed by atoms with E-state index in [1.165, 1.54) is 28.2 Å². The standard InChI is InChI=1S/C35H31ClF5N11O4/c1-18-27(54)26(45-17-44-18)30(56)49-9-7-33(8-10-49)6-2-3-23-25(33)29(55)52-32(47-28(48-52)19-12-42-31(43-13-19)50-15-34(37,38)16-50)51(23)14-24(53)46-22-5-4-20(11-21(22)36)35(39,40)41/h4-5,11-13,17,54H,2-3,6-10,14-16H2,1H3,(H,46,53). The van der Waals surface area contributed by atoms with Gasteiger partial charge in [-0.3, -0.25) is 14.4 Å².